The fourth-order valence-electron chi connectivity index (χ4n) is 4.29. The van der Waals surface area contributed by atoms with Crippen molar-refractivity contribution in [2.24, 2.45) is 5.10 Å². The van der Waals surface area contributed by atoms with Crippen LogP contribution in [0.5, 0.6) is 0 Å². The van der Waals surface area contributed by atoms with Crippen molar-refractivity contribution >= 4 is 80.7 Å². The molecule has 4 aromatic rings. The highest BCUT2D eigenvalue weighted by Crippen LogP contribution is 2.32. The van der Waals surface area contributed by atoms with E-state index in [-0.39, 0.29) is 10.9 Å². The summed E-state index contributed by atoms with van der Waals surface area (Å²) in [5.41, 5.74) is 1.87. The van der Waals surface area contributed by atoms with Gasteiger partial charge in [0, 0.05) is 27.1 Å². The van der Waals surface area contributed by atoms with Gasteiger partial charge in [-0.05, 0) is 79.9 Å². The van der Waals surface area contributed by atoms with Crippen molar-refractivity contribution in [3.63, 3.8) is 0 Å². The Kier molecular flexibility index (Phi) is 8.11. The van der Waals surface area contributed by atoms with Crippen LogP contribution >= 0.6 is 43.2 Å². The monoisotopic (exact) mass is 674 g/mol. The summed E-state index contributed by atoms with van der Waals surface area (Å²) in [7, 11) is -3.64. The van der Waals surface area contributed by atoms with Crippen LogP contribution < -0.4 is 5.01 Å². The molecular weight excluding hydrogens is 652 g/mol. The van der Waals surface area contributed by atoms with E-state index in [4.69, 9.17) is 0 Å². The van der Waals surface area contributed by atoms with Crippen LogP contribution in [0.25, 0.3) is 10.2 Å². The number of hydrogen-bond acceptors (Lipinski definition) is 6. The molecule has 0 aliphatic carbocycles. The van der Waals surface area contributed by atoms with Gasteiger partial charge in [-0.1, -0.05) is 61.8 Å². The van der Waals surface area contributed by atoms with Gasteiger partial charge in [-0.25, -0.2) is 13.4 Å². The van der Waals surface area contributed by atoms with E-state index in [0.717, 1.165) is 44.0 Å². The number of nitrogens with zero attached hydrogens (tertiary/aromatic N) is 4. The number of hydrogen-bond donors (Lipinski definition) is 0. The van der Waals surface area contributed by atoms with Crippen LogP contribution in [0.15, 0.2) is 85.7 Å². The van der Waals surface area contributed by atoms with E-state index >= 15 is 0 Å². The van der Waals surface area contributed by atoms with Crippen molar-refractivity contribution in [1.29, 1.82) is 0 Å². The second-order valence-electron chi connectivity index (χ2n) is 9.01. The Bertz CT molecular complexity index is 1600. The maximum absolute atomic E-state index is 13.7. The number of aromatic nitrogens is 1. The van der Waals surface area contributed by atoms with Gasteiger partial charge in [-0.3, -0.25) is 4.79 Å². The highest BCUT2D eigenvalue weighted by atomic mass is 79.9. The minimum absolute atomic E-state index is 0.0439. The smallest absolute Gasteiger partial charge is 0.267 e. The standard InChI is InChI=1S/C27H24Br2N4O3S2/c1-18-4-2-3-15-32(18)38(35,36)23-12-7-20(8-13-23)26(34)33(30-17-19-5-9-21(28)10-6-19)27-31-24-14-11-22(29)16-25(24)37-27/h5-14,16-18H,2-4,15H2,1H3/b30-17+. The fourth-order valence-corrected chi connectivity index (χ4v) is 7.73. The van der Waals surface area contributed by atoms with Crippen molar-refractivity contribution < 1.29 is 13.2 Å². The van der Waals surface area contributed by atoms with Crippen LogP contribution in [0, 0.1) is 0 Å². The summed E-state index contributed by atoms with van der Waals surface area (Å²) in [6, 6.07) is 19.3. The number of amides is 1. The minimum atomic E-state index is -3.64. The van der Waals surface area contributed by atoms with Crippen LogP contribution in [0.1, 0.15) is 42.1 Å². The number of thiazole rings is 1. The average Bonchev–Trinajstić information content (AvgIpc) is 3.32. The number of carbonyl (C=O) groups is 1. The molecule has 3 aromatic carbocycles. The Morgan fingerprint density at radius 1 is 1.05 bits per heavy atom. The van der Waals surface area contributed by atoms with Crippen molar-refractivity contribution in [2.45, 2.75) is 37.1 Å². The SMILES string of the molecule is CC1CCCCN1S(=O)(=O)c1ccc(C(=O)N(/N=C/c2ccc(Br)cc2)c2nc3ccc(Br)cc3s2)cc1. The molecule has 1 atom stereocenters. The number of fused-ring (bicyclic) bond motifs is 1. The lowest BCUT2D eigenvalue weighted by Gasteiger charge is -2.32. The molecule has 1 aliphatic heterocycles. The molecule has 1 unspecified atom stereocenters. The van der Waals surface area contributed by atoms with Gasteiger partial charge in [0.1, 0.15) is 0 Å². The topological polar surface area (TPSA) is 82.9 Å². The molecule has 0 spiro atoms. The molecule has 0 bridgehead atoms. The first kappa shape index (κ1) is 27.1. The van der Waals surface area contributed by atoms with Crippen molar-refractivity contribution in [2.75, 3.05) is 11.6 Å². The van der Waals surface area contributed by atoms with Crippen LogP contribution in [0.4, 0.5) is 5.13 Å². The third-order valence-corrected chi connectivity index (χ3v) is 10.4. The Morgan fingerprint density at radius 2 is 1.76 bits per heavy atom. The van der Waals surface area contributed by atoms with Gasteiger partial charge in [0.25, 0.3) is 5.91 Å². The number of hydrazone groups is 1. The molecule has 0 radical (unpaired) electrons. The summed E-state index contributed by atoms with van der Waals surface area (Å²) in [4.78, 5) is 18.5. The fraction of sp³-hybridized carbons (Fsp3) is 0.222. The van der Waals surface area contributed by atoms with Crippen LogP contribution in [-0.4, -0.2) is 42.4 Å². The summed E-state index contributed by atoms with van der Waals surface area (Å²) in [6.07, 6.45) is 4.33. The number of sulfonamides is 1. The second-order valence-corrected chi connectivity index (χ2v) is 13.7. The van der Waals surface area contributed by atoms with Crippen molar-refractivity contribution in [3.8, 4) is 0 Å². The lowest BCUT2D eigenvalue weighted by molar-refractivity contribution is 0.0987. The Morgan fingerprint density at radius 3 is 2.47 bits per heavy atom. The lowest BCUT2D eigenvalue weighted by Crippen LogP contribution is -2.41. The van der Waals surface area contributed by atoms with E-state index < -0.39 is 15.9 Å². The maximum Gasteiger partial charge on any atom is 0.280 e. The first-order chi connectivity index (χ1) is 18.2. The van der Waals surface area contributed by atoms with Gasteiger partial charge >= 0.3 is 0 Å². The number of halogens is 2. The number of benzene rings is 3. The molecule has 1 aliphatic rings. The van der Waals surface area contributed by atoms with Gasteiger partial charge < -0.3 is 0 Å². The number of piperidine rings is 1. The van der Waals surface area contributed by atoms with Crippen molar-refractivity contribution in [3.05, 3.63) is 86.8 Å². The number of rotatable bonds is 6. The largest absolute Gasteiger partial charge is 0.280 e. The van der Waals surface area contributed by atoms with E-state index in [9.17, 15) is 13.2 Å². The van der Waals surface area contributed by atoms with E-state index in [1.807, 2.05) is 49.4 Å². The first-order valence-corrected chi connectivity index (χ1v) is 15.9. The van der Waals surface area contributed by atoms with Gasteiger partial charge in [0.2, 0.25) is 15.2 Å². The number of anilines is 1. The molecule has 1 fully saturated rings. The third kappa shape index (κ3) is 5.76. The van der Waals surface area contributed by atoms with Crippen LogP contribution in [0.2, 0.25) is 0 Å². The summed E-state index contributed by atoms with van der Waals surface area (Å²) >= 11 is 8.25. The average molecular weight is 676 g/mol. The zero-order valence-electron chi connectivity index (χ0n) is 20.4. The third-order valence-electron chi connectivity index (χ3n) is 6.35. The minimum Gasteiger partial charge on any atom is -0.267 e. The molecule has 0 N–H and O–H groups in total. The molecule has 196 valence electrons. The lowest BCUT2D eigenvalue weighted by atomic mass is 10.1. The molecular formula is C27H24Br2N4O3S2. The Balaban J connectivity index is 1.48. The normalized spacial score (nSPS) is 16.8. The van der Waals surface area contributed by atoms with E-state index in [0.29, 0.717) is 17.2 Å². The maximum atomic E-state index is 13.7. The van der Waals surface area contributed by atoms with Crippen LogP contribution in [-0.2, 0) is 10.0 Å². The second kappa shape index (κ2) is 11.4. The van der Waals surface area contributed by atoms with E-state index in [1.54, 1.807) is 10.5 Å². The van der Waals surface area contributed by atoms with E-state index in [1.165, 1.54) is 40.6 Å². The summed E-state index contributed by atoms with van der Waals surface area (Å²) in [6.45, 7) is 2.45. The summed E-state index contributed by atoms with van der Waals surface area (Å²) in [5, 5.41) is 6.17. The summed E-state index contributed by atoms with van der Waals surface area (Å²) < 4.78 is 30.8. The summed E-state index contributed by atoms with van der Waals surface area (Å²) in [5.74, 6) is -0.410. The van der Waals surface area contributed by atoms with Crippen LogP contribution in [0.3, 0.4) is 0 Å². The molecule has 1 amide bonds. The molecule has 1 aromatic heterocycles. The van der Waals surface area contributed by atoms with Gasteiger partial charge in [-0.15, -0.1) is 0 Å². The Hall–Kier alpha value is -2.44. The van der Waals surface area contributed by atoms with E-state index in [2.05, 4.69) is 41.9 Å². The van der Waals surface area contributed by atoms with Gasteiger partial charge in [0.15, 0.2) is 0 Å². The van der Waals surface area contributed by atoms with Gasteiger partial charge in [0.05, 0.1) is 21.3 Å². The zero-order chi connectivity index (χ0) is 26.9. The predicted octanol–water partition coefficient (Wildman–Crippen LogP) is 7.07. The van der Waals surface area contributed by atoms with Gasteiger partial charge in [-0.2, -0.15) is 14.4 Å². The zero-order valence-corrected chi connectivity index (χ0v) is 25.2. The molecule has 2 heterocycles. The first-order valence-electron chi connectivity index (χ1n) is 12.0. The quantitative estimate of drug-likeness (QED) is 0.162. The highest BCUT2D eigenvalue weighted by Gasteiger charge is 2.31. The molecule has 5 rings (SSSR count). The molecule has 0 saturated carbocycles. The predicted molar refractivity (Wildman–Crippen MR) is 160 cm³/mol. The molecule has 1 saturated heterocycles. The molecule has 11 heteroatoms. The van der Waals surface area contributed by atoms with Crippen molar-refractivity contribution in [1.82, 2.24) is 9.29 Å². The molecule has 38 heavy (non-hydrogen) atoms. The Labute approximate surface area is 242 Å². The molecule has 7 nitrogen and oxygen atoms in total. The highest BCUT2D eigenvalue weighted by molar-refractivity contribution is 9.10. The number of carbonyl (C=O) groups excluding carboxylic acids is 1.